The maximum Gasteiger partial charge on any atom is 0.410 e. The first-order chi connectivity index (χ1) is 7.14. The van der Waals surface area contributed by atoms with Crippen LogP contribution in [-0.4, -0.2) is 34.7 Å². The van der Waals surface area contributed by atoms with E-state index in [1.54, 1.807) is 4.90 Å². The molecule has 1 atom stereocenters. The number of carbonyl (C=O) groups is 1. The molecular formula is C12H24N2O2. The summed E-state index contributed by atoms with van der Waals surface area (Å²) in [5, 5.41) is 0. The fourth-order valence-electron chi connectivity index (χ4n) is 1.95. The van der Waals surface area contributed by atoms with Crippen molar-refractivity contribution in [3.8, 4) is 0 Å². The fourth-order valence-corrected chi connectivity index (χ4v) is 1.95. The molecule has 0 aromatic rings. The summed E-state index contributed by atoms with van der Waals surface area (Å²) in [5.74, 6) is 0. The van der Waals surface area contributed by atoms with Gasteiger partial charge in [-0.2, -0.15) is 0 Å². The minimum Gasteiger partial charge on any atom is -0.444 e. The van der Waals surface area contributed by atoms with Gasteiger partial charge in [0.05, 0.1) is 5.54 Å². The molecule has 0 radical (unpaired) electrons. The highest BCUT2D eigenvalue weighted by molar-refractivity contribution is 5.69. The molecule has 0 unspecified atom stereocenters. The molecule has 0 aromatic heterocycles. The van der Waals surface area contributed by atoms with Crippen LogP contribution in [0.15, 0.2) is 0 Å². The van der Waals surface area contributed by atoms with Crippen LogP contribution in [0.5, 0.6) is 0 Å². The van der Waals surface area contributed by atoms with Crippen molar-refractivity contribution in [2.75, 3.05) is 6.54 Å². The van der Waals surface area contributed by atoms with Crippen LogP contribution in [0.2, 0.25) is 0 Å². The predicted octanol–water partition coefficient (Wildman–Crippen LogP) is 2.12. The third-order valence-electron chi connectivity index (χ3n) is 3.11. The van der Waals surface area contributed by atoms with Gasteiger partial charge in [0.1, 0.15) is 5.60 Å². The zero-order valence-electron chi connectivity index (χ0n) is 11.0. The second kappa shape index (κ2) is 4.24. The minimum absolute atomic E-state index is 0.0220. The van der Waals surface area contributed by atoms with Crippen LogP contribution >= 0.6 is 0 Å². The maximum atomic E-state index is 12.0. The molecule has 1 heterocycles. The smallest absolute Gasteiger partial charge is 0.410 e. The molecule has 0 aromatic carbocycles. The third kappa shape index (κ3) is 2.88. The van der Waals surface area contributed by atoms with Crippen LogP contribution < -0.4 is 5.73 Å². The number of nitrogens with two attached hydrogens (primary N) is 1. The van der Waals surface area contributed by atoms with E-state index in [1.165, 1.54) is 0 Å². The van der Waals surface area contributed by atoms with E-state index in [0.29, 0.717) is 0 Å². The van der Waals surface area contributed by atoms with E-state index in [4.69, 9.17) is 10.5 Å². The Morgan fingerprint density at radius 2 is 2.00 bits per heavy atom. The molecule has 0 saturated carbocycles. The quantitative estimate of drug-likeness (QED) is 0.691. The first-order valence-electron chi connectivity index (χ1n) is 5.91. The summed E-state index contributed by atoms with van der Waals surface area (Å²) in [5.41, 5.74) is 5.29. The van der Waals surface area contributed by atoms with Crippen molar-refractivity contribution in [1.29, 1.82) is 0 Å². The summed E-state index contributed by atoms with van der Waals surface area (Å²) in [6, 6.07) is 0.0220. The number of nitrogens with zero attached hydrogens (tertiary/aromatic N) is 1. The first kappa shape index (κ1) is 13.3. The normalized spacial score (nSPS) is 25.4. The Kier molecular flexibility index (Phi) is 3.53. The zero-order valence-corrected chi connectivity index (χ0v) is 11.0. The molecule has 0 bridgehead atoms. The van der Waals surface area contributed by atoms with Gasteiger partial charge in [-0.1, -0.05) is 0 Å². The molecule has 0 spiro atoms. The summed E-state index contributed by atoms with van der Waals surface area (Å²) in [7, 11) is 0. The minimum atomic E-state index is -0.450. The molecule has 2 N–H and O–H groups in total. The second-order valence-corrected chi connectivity index (χ2v) is 6.03. The van der Waals surface area contributed by atoms with Crippen LogP contribution in [0, 0.1) is 0 Å². The van der Waals surface area contributed by atoms with Crippen LogP contribution in [-0.2, 0) is 4.74 Å². The topological polar surface area (TPSA) is 55.6 Å². The number of amides is 1. The van der Waals surface area contributed by atoms with Gasteiger partial charge in [-0.05, 0) is 47.5 Å². The summed E-state index contributed by atoms with van der Waals surface area (Å²) in [6.45, 7) is 10.4. The largest absolute Gasteiger partial charge is 0.444 e. The van der Waals surface area contributed by atoms with Crippen molar-refractivity contribution in [2.45, 2.75) is 64.6 Å². The lowest BCUT2D eigenvalue weighted by atomic mass is 9.86. The van der Waals surface area contributed by atoms with Gasteiger partial charge in [0, 0.05) is 12.6 Å². The lowest BCUT2D eigenvalue weighted by Gasteiger charge is -2.46. The average molecular weight is 228 g/mol. The first-order valence-corrected chi connectivity index (χ1v) is 5.91. The molecule has 1 amide bonds. The van der Waals surface area contributed by atoms with Gasteiger partial charge in [-0.15, -0.1) is 0 Å². The zero-order chi connectivity index (χ0) is 12.6. The Labute approximate surface area is 98.1 Å². The van der Waals surface area contributed by atoms with E-state index in [-0.39, 0.29) is 17.7 Å². The standard InChI is InChI=1S/C12H24N2O2/c1-11(2,3)16-10(15)14-8-6-7-9(13)12(14,4)5/h9H,6-8,13H2,1-5H3/t9-/m0/s1. The van der Waals surface area contributed by atoms with E-state index in [1.807, 2.05) is 34.6 Å². The number of likely N-dealkylation sites (tertiary alicyclic amines) is 1. The summed E-state index contributed by atoms with van der Waals surface area (Å²) in [4.78, 5) is 13.8. The van der Waals surface area contributed by atoms with Crippen molar-refractivity contribution in [3.63, 3.8) is 0 Å². The SMILES string of the molecule is CC(C)(C)OC(=O)N1CCC[C@H](N)C1(C)C. The van der Waals surface area contributed by atoms with Gasteiger partial charge in [-0.3, -0.25) is 0 Å². The molecule has 1 rings (SSSR count). The lowest BCUT2D eigenvalue weighted by molar-refractivity contribution is -0.0117. The van der Waals surface area contributed by atoms with E-state index in [0.717, 1.165) is 19.4 Å². The van der Waals surface area contributed by atoms with Crippen molar-refractivity contribution in [3.05, 3.63) is 0 Å². The number of ether oxygens (including phenoxy) is 1. The van der Waals surface area contributed by atoms with Gasteiger partial charge in [0.25, 0.3) is 0 Å². The molecule has 94 valence electrons. The monoisotopic (exact) mass is 228 g/mol. The van der Waals surface area contributed by atoms with Crippen molar-refractivity contribution < 1.29 is 9.53 Å². The van der Waals surface area contributed by atoms with E-state index >= 15 is 0 Å². The molecule has 0 aliphatic carbocycles. The van der Waals surface area contributed by atoms with Gasteiger partial charge in [0.15, 0.2) is 0 Å². The molecular weight excluding hydrogens is 204 g/mol. The van der Waals surface area contributed by atoms with Crippen molar-refractivity contribution in [1.82, 2.24) is 4.90 Å². The Bertz CT molecular complexity index is 269. The number of hydrogen-bond acceptors (Lipinski definition) is 3. The number of carbonyl (C=O) groups excluding carboxylic acids is 1. The Morgan fingerprint density at radius 1 is 1.44 bits per heavy atom. The van der Waals surface area contributed by atoms with Crippen molar-refractivity contribution >= 4 is 6.09 Å². The van der Waals surface area contributed by atoms with Gasteiger partial charge < -0.3 is 15.4 Å². The highest BCUT2D eigenvalue weighted by Crippen LogP contribution is 2.28. The van der Waals surface area contributed by atoms with Crippen LogP contribution in [0.1, 0.15) is 47.5 Å². The molecule has 1 saturated heterocycles. The maximum absolute atomic E-state index is 12.0. The third-order valence-corrected chi connectivity index (χ3v) is 3.11. The number of hydrogen-bond donors (Lipinski definition) is 1. The van der Waals surface area contributed by atoms with E-state index in [9.17, 15) is 4.79 Å². The Hall–Kier alpha value is -0.770. The number of rotatable bonds is 0. The lowest BCUT2D eigenvalue weighted by Crippen LogP contribution is -2.61. The second-order valence-electron chi connectivity index (χ2n) is 6.03. The van der Waals surface area contributed by atoms with Gasteiger partial charge >= 0.3 is 6.09 Å². The molecule has 1 aliphatic rings. The summed E-state index contributed by atoms with van der Waals surface area (Å²) < 4.78 is 5.39. The molecule has 16 heavy (non-hydrogen) atoms. The van der Waals surface area contributed by atoms with Crippen LogP contribution in [0.3, 0.4) is 0 Å². The number of piperidine rings is 1. The Balaban J connectivity index is 2.75. The fraction of sp³-hybridized carbons (Fsp3) is 0.917. The van der Waals surface area contributed by atoms with E-state index < -0.39 is 5.60 Å². The van der Waals surface area contributed by atoms with Crippen molar-refractivity contribution in [2.24, 2.45) is 5.73 Å². The van der Waals surface area contributed by atoms with E-state index in [2.05, 4.69) is 0 Å². The molecule has 1 fully saturated rings. The molecule has 1 aliphatic heterocycles. The Morgan fingerprint density at radius 3 is 2.50 bits per heavy atom. The van der Waals surface area contributed by atoms with Gasteiger partial charge in [0.2, 0.25) is 0 Å². The highest BCUT2D eigenvalue weighted by atomic mass is 16.6. The van der Waals surface area contributed by atoms with Crippen LogP contribution in [0.25, 0.3) is 0 Å². The summed E-state index contributed by atoms with van der Waals surface area (Å²) in [6.07, 6.45) is 1.66. The van der Waals surface area contributed by atoms with Gasteiger partial charge in [-0.25, -0.2) is 4.79 Å². The molecule has 4 heteroatoms. The predicted molar refractivity (Wildman–Crippen MR) is 64.2 cm³/mol. The van der Waals surface area contributed by atoms with Crippen LogP contribution in [0.4, 0.5) is 4.79 Å². The highest BCUT2D eigenvalue weighted by Gasteiger charge is 2.40. The average Bonchev–Trinajstić information content (AvgIpc) is 2.06. The summed E-state index contributed by atoms with van der Waals surface area (Å²) >= 11 is 0. The molecule has 4 nitrogen and oxygen atoms in total.